The molecular weight excluding hydrogens is 280 g/mol. The number of nitrogens with zero attached hydrogens (tertiary/aromatic N) is 2. The molecule has 3 aromatic rings. The summed E-state index contributed by atoms with van der Waals surface area (Å²) in [5.74, 6) is 0.435. The largest absolute Gasteiger partial charge is 0.291 e. The van der Waals surface area contributed by atoms with Crippen LogP contribution in [-0.2, 0) is 13.0 Å². The van der Waals surface area contributed by atoms with Gasteiger partial charge in [-0.2, -0.15) is 0 Å². The molecule has 1 aromatic heterocycles. The van der Waals surface area contributed by atoms with Gasteiger partial charge in [-0.05, 0) is 35.2 Å². The molecule has 0 amide bonds. The summed E-state index contributed by atoms with van der Waals surface area (Å²) in [7, 11) is 0. The summed E-state index contributed by atoms with van der Waals surface area (Å²) in [4.78, 5) is 7.68. The maximum atomic E-state index is 5.03. The highest BCUT2D eigenvalue weighted by atomic mass is 15.2. The fourth-order valence-corrected chi connectivity index (χ4v) is 4.48. The summed E-state index contributed by atoms with van der Waals surface area (Å²) in [6.45, 7) is 4.52. The number of aromatic nitrogens is 1. The van der Waals surface area contributed by atoms with E-state index in [1.54, 1.807) is 0 Å². The lowest BCUT2D eigenvalue weighted by molar-refractivity contribution is 0.137. The molecule has 0 unspecified atom stereocenters. The van der Waals surface area contributed by atoms with Crippen molar-refractivity contribution in [2.45, 2.75) is 31.8 Å². The number of para-hydroxylation sites is 1. The highest BCUT2D eigenvalue weighted by Gasteiger charge is 2.37. The Kier molecular flexibility index (Phi) is 2.83. The van der Waals surface area contributed by atoms with Crippen LogP contribution in [0.25, 0.3) is 10.9 Å². The van der Waals surface area contributed by atoms with Crippen LogP contribution in [0, 0.1) is 0 Å². The normalized spacial score (nSPS) is 23.2. The zero-order valence-electron chi connectivity index (χ0n) is 13.4. The Morgan fingerprint density at radius 3 is 2.78 bits per heavy atom. The third kappa shape index (κ3) is 1.95. The van der Waals surface area contributed by atoms with Crippen LogP contribution in [0.1, 0.15) is 41.3 Å². The van der Waals surface area contributed by atoms with E-state index in [0.29, 0.717) is 12.0 Å². The van der Waals surface area contributed by atoms with Crippen LogP contribution in [0.2, 0.25) is 0 Å². The van der Waals surface area contributed by atoms with Gasteiger partial charge in [-0.25, -0.2) is 0 Å². The van der Waals surface area contributed by atoms with Gasteiger partial charge >= 0.3 is 0 Å². The monoisotopic (exact) mass is 300 g/mol. The van der Waals surface area contributed by atoms with Gasteiger partial charge in [0.1, 0.15) is 0 Å². The van der Waals surface area contributed by atoms with Gasteiger partial charge in [0, 0.05) is 30.4 Å². The highest BCUT2D eigenvalue weighted by molar-refractivity contribution is 5.79. The lowest BCUT2D eigenvalue weighted by Gasteiger charge is -2.44. The molecule has 0 saturated carbocycles. The third-order valence-corrected chi connectivity index (χ3v) is 5.55. The van der Waals surface area contributed by atoms with Gasteiger partial charge < -0.3 is 0 Å². The van der Waals surface area contributed by atoms with Crippen LogP contribution in [0.15, 0.2) is 54.6 Å². The molecular formula is C21H20N2. The summed E-state index contributed by atoms with van der Waals surface area (Å²) < 4.78 is 0. The van der Waals surface area contributed by atoms with E-state index in [1.165, 1.54) is 27.8 Å². The fourth-order valence-electron chi connectivity index (χ4n) is 4.48. The molecule has 0 radical (unpaired) electrons. The number of rotatable bonds is 0. The third-order valence-electron chi connectivity index (χ3n) is 5.55. The van der Waals surface area contributed by atoms with Crippen molar-refractivity contribution in [2.24, 2.45) is 0 Å². The van der Waals surface area contributed by atoms with Crippen LogP contribution in [0.5, 0.6) is 0 Å². The summed E-state index contributed by atoms with van der Waals surface area (Å²) >= 11 is 0. The molecule has 2 nitrogen and oxygen atoms in total. The number of pyridine rings is 1. The first-order valence-electron chi connectivity index (χ1n) is 8.52. The highest BCUT2D eigenvalue weighted by Crippen LogP contribution is 2.45. The second kappa shape index (κ2) is 4.90. The van der Waals surface area contributed by atoms with E-state index >= 15 is 0 Å². The maximum Gasteiger partial charge on any atom is 0.0705 e. The minimum atomic E-state index is 0.435. The van der Waals surface area contributed by atoms with Gasteiger partial charge in [-0.3, -0.25) is 9.88 Å². The van der Waals surface area contributed by atoms with E-state index in [0.717, 1.165) is 25.0 Å². The van der Waals surface area contributed by atoms with E-state index in [1.807, 2.05) is 0 Å². The Morgan fingerprint density at radius 2 is 1.83 bits per heavy atom. The van der Waals surface area contributed by atoms with E-state index in [4.69, 9.17) is 4.98 Å². The van der Waals surface area contributed by atoms with E-state index < -0.39 is 0 Å². The van der Waals surface area contributed by atoms with Gasteiger partial charge in [-0.15, -0.1) is 0 Å². The van der Waals surface area contributed by atoms with Gasteiger partial charge in [0.2, 0.25) is 0 Å². The molecule has 23 heavy (non-hydrogen) atoms. The van der Waals surface area contributed by atoms with Crippen molar-refractivity contribution in [3.8, 4) is 0 Å². The molecule has 0 aliphatic carbocycles. The summed E-state index contributed by atoms with van der Waals surface area (Å²) in [5, 5.41) is 1.26. The first kappa shape index (κ1) is 13.3. The predicted octanol–water partition coefficient (Wildman–Crippen LogP) is 4.45. The molecule has 2 heteroatoms. The van der Waals surface area contributed by atoms with Gasteiger partial charge in [0.15, 0.2) is 0 Å². The quantitative estimate of drug-likeness (QED) is 0.609. The van der Waals surface area contributed by atoms with Crippen LogP contribution in [0.4, 0.5) is 0 Å². The van der Waals surface area contributed by atoms with E-state index in [9.17, 15) is 0 Å². The van der Waals surface area contributed by atoms with Crippen LogP contribution in [0.3, 0.4) is 0 Å². The first-order chi connectivity index (χ1) is 11.3. The van der Waals surface area contributed by atoms with Crippen molar-refractivity contribution in [1.29, 1.82) is 0 Å². The van der Waals surface area contributed by atoms with Crippen molar-refractivity contribution in [3.05, 3.63) is 77.0 Å². The fraction of sp³-hybridized carbons (Fsp3) is 0.286. The van der Waals surface area contributed by atoms with E-state index in [-0.39, 0.29) is 0 Å². The molecule has 0 fully saturated rings. The molecule has 0 bridgehead atoms. The van der Waals surface area contributed by atoms with Crippen molar-refractivity contribution < 1.29 is 0 Å². The van der Waals surface area contributed by atoms with Gasteiger partial charge in [-0.1, -0.05) is 49.4 Å². The first-order valence-corrected chi connectivity index (χ1v) is 8.52. The van der Waals surface area contributed by atoms with Gasteiger partial charge in [0.25, 0.3) is 0 Å². The zero-order chi connectivity index (χ0) is 15.4. The minimum absolute atomic E-state index is 0.435. The average molecular weight is 300 g/mol. The Labute approximate surface area is 136 Å². The molecule has 2 atom stereocenters. The molecule has 0 N–H and O–H groups in total. The molecule has 2 aliphatic heterocycles. The zero-order valence-corrected chi connectivity index (χ0v) is 13.4. The Hall–Kier alpha value is -2.19. The molecule has 3 heterocycles. The SMILES string of the molecule is C[C@H]1c2nc3ccccc3cc2CN2CCc3ccccc3[C@H]12. The minimum Gasteiger partial charge on any atom is -0.291 e. The predicted molar refractivity (Wildman–Crippen MR) is 93.5 cm³/mol. The number of benzene rings is 2. The van der Waals surface area contributed by atoms with Crippen molar-refractivity contribution >= 4 is 10.9 Å². The van der Waals surface area contributed by atoms with Crippen molar-refractivity contribution in [2.75, 3.05) is 6.54 Å². The lowest BCUT2D eigenvalue weighted by atomic mass is 9.79. The topological polar surface area (TPSA) is 16.1 Å². The smallest absolute Gasteiger partial charge is 0.0705 e. The van der Waals surface area contributed by atoms with Crippen molar-refractivity contribution in [1.82, 2.24) is 9.88 Å². The number of hydrogen-bond donors (Lipinski definition) is 0. The van der Waals surface area contributed by atoms with Crippen LogP contribution < -0.4 is 0 Å². The maximum absolute atomic E-state index is 5.03. The Bertz CT molecular complexity index is 899. The standard InChI is InChI=1S/C21H20N2/c1-14-20-17(12-16-7-3-5-9-19(16)22-20)13-23-11-10-15-6-2-4-8-18(15)21(14)23/h2-9,12,14,21H,10-11,13H2,1H3/t14-,21-/m0/s1. The second-order valence-corrected chi connectivity index (χ2v) is 6.88. The molecule has 0 saturated heterocycles. The van der Waals surface area contributed by atoms with Crippen LogP contribution in [-0.4, -0.2) is 16.4 Å². The van der Waals surface area contributed by atoms with Gasteiger partial charge in [0.05, 0.1) is 11.2 Å². The second-order valence-electron chi connectivity index (χ2n) is 6.88. The lowest BCUT2D eigenvalue weighted by Crippen LogP contribution is -2.41. The molecule has 2 aromatic carbocycles. The Balaban J connectivity index is 1.68. The van der Waals surface area contributed by atoms with Crippen LogP contribution >= 0.6 is 0 Å². The molecule has 0 spiro atoms. The molecule has 114 valence electrons. The number of hydrogen-bond acceptors (Lipinski definition) is 2. The summed E-state index contributed by atoms with van der Waals surface area (Å²) in [5.41, 5.74) is 6.85. The summed E-state index contributed by atoms with van der Waals surface area (Å²) in [6, 6.07) is 20.3. The average Bonchev–Trinajstić information content (AvgIpc) is 2.60. The molecule has 5 rings (SSSR count). The number of fused-ring (bicyclic) bond motifs is 5. The van der Waals surface area contributed by atoms with Crippen molar-refractivity contribution in [3.63, 3.8) is 0 Å². The summed E-state index contributed by atoms with van der Waals surface area (Å²) in [6.07, 6.45) is 1.16. The Morgan fingerprint density at radius 1 is 1.00 bits per heavy atom. The molecule has 2 aliphatic rings. The van der Waals surface area contributed by atoms with E-state index in [2.05, 4.69) is 66.4 Å².